The first-order valence-corrected chi connectivity index (χ1v) is 7.56. The van der Waals surface area contributed by atoms with Crippen molar-refractivity contribution in [1.82, 2.24) is 9.97 Å². The summed E-state index contributed by atoms with van der Waals surface area (Å²) >= 11 is 0. The summed E-state index contributed by atoms with van der Waals surface area (Å²) in [6.07, 6.45) is 2.14. The van der Waals surface area contributed by atoms with Gasteiger partial charge in [-0.15, -0.1) is 0 Å². The highest BCUT2D eigenvalue weighted by atomic mass is 16.1. The molecule has 0 aliphatic carbocycles. The van der Waals surface area contributed by atoms with Crippen molar-refractivity contribution in [2.45, 2.75) is 33.6 Å². The largest absolute Gasteiger partial charge is 0.354 e. The maximum Gasteiger partial charge on any atom is 0.274 e. The quantitative estimate of drug-likeness (QED) is 0.800. The van der Waals surface area contributed by atoms with Gasteiger partial charge in [-0.05, 0) is 44.0 Å². The zero-order chi connectivity index (χ0) is 15.9. The van der Waals surface area contributed by atoms with Crippen LogP contribution < -0.4 is 10.6 Å². The van der Waals surface area contributed by atoms with Gasteiger partial charge in [0.15, 0.2) is 0 Å². The highest BCUT2D eigenvalue weighted by Crippen LogP contribution is 2.12. The summed E-state index contributed by atoms with van der Waals surface area (Å²) in [6, 6.07) is 9.37. The van der Waals surface area contributed by atoms with Gasteiger partial charge in [-0.1, -0.05) is 25.5 Å². The van der Waals surface area contributed by atoms with E-state index in [2.05, 4.69) is 27.5 Å². The number of hydrogen-bond acceptors (Lipinski definition) is 4. The van der Waals surface area contributed by atoms with Crippen molar-refractivity contribution in [2.24, 2.45) is 0 Å². The van der Waals surface area contributed by atoms with Gasteiger partial charge in [0.05, 0.1) is 0 Å². The van der Waals surface area contributed by atoms with Gasteiger partial charge in [0, 0.05) is 17.9 Å². The zero-order valence-electron chi connectivity index (χ0n) is 13.3. The fourth-order valence-corrected chi connectivity index (χ4v) is 2.06. The highest BCUT2D eigenvalue weighted by Gasteiger charge is 2.11. The van der Waals surface area contributed by atoms with Crippen LogP contribution in [0.1, 0.15) is 41.5 Å². The Morgan fingerprint density at radius 3 is 2.73 bits per heavy atom. The Morgan fingerprint density at radius 1 is 1.18 bits per heavy atom. The molecule has 1 aromatic heterocycles. The minimum absolute atomic E-state index is 0.227. The van der Waals surface area contributed by atoms with Gasteiger partial charge >= 0.3 is 0 Å². The molecule has 0 spiro atoms. The van der Waals surface area contributed by atoms with E-state index in [-0.39, 0.29) is 5.91 Å². The summed E-state index contributed by atoms with van der Waals surface area (Å²) in [5.41, 5.74) is 3.00. The van der Waals surface area contributed by atoms with Gasteiger partial charge in [0.1, 0.15) is 5.69 Å². The van der Waals surface area contributed by atoms with Crippen LogP contribution in [0.2, 0.25) is 0 Å². The van der Waals surface area contributed by atoms with Gasteiger partial charge in [-0.3, -0.25) is 4.79 Å². The number of aromatic nitrogens is 2. The number of rotatable bonds is 6. The molecular weight excluding hydrogens is 276 g/mol. The number of nitrogens with zero attached hydrogens (tertiary/aromatic N) is 2. The molecule has 0 radical (unpaired) electrons. The third-order valence-corrected chi connectivity index (χ3v) is 3.18. The number of carbonyl (C=O) groups is 1. The number of unbranched alkanes of at least 4 members (excludes halogenated alkanes) is 1. The summed E-state index contributed by atoms with van der Waals surface area (Å²) in [7, 11) is 0. The lowest BCUT2D eigenvalue weighted by atomic mass is 10.2. The summed E-state index contributed by atoms with van der Waals surface area (Å²) in [6.45, 7) is 6.77. The third-order valence-electron chi connectivity index (χ3n) is 3.18. The van der Waals surface area contributed by atoms with Crippen LogP contribution >= 0.6 is 0 Å². The Bertz CT molecular complexity index is 655. The molecule has 2 rings (SSSR count). The zero-order valence-corrected chi connectivity index (χ0v) is 13.3. The molecule has 22 heavy (non-hydrogen) atoms. The van der Waals surface area contributed by atoms with E-state index < -0.39 is 0 Å². The van der Waals surface area contributed by atoms with E-state index in [1.807, 2.05) is 38.1 Å². The van der Waals surface area contributed by atoms with Crippen LogP contribution in [0.25, 0.3) is 0 Å². The average Bonchev–Trinajstić information content (AvgIpc) is 2.47. The molecule has 2 aromatic rings. The van der Waals surface area contributed by atoms with E-state index in [4.69, 9.17) is 0 Å². The number of carbonyl (C=O) groups excluding carboxylic acids is 1. The number of aryl methyl sites for hydroxylation is 2. The van der Waals surface area contributed by atoms with Crippen LogP contribution in [0.4, 0.5) is 11.6 Å². The van der Waals surface area contributed by atoms with E-state index in [9.17, 15) is 4.79 Å². The molecule has 1 aromatic carbocycles. The van der Waals surface area contributed by atoms with Crippen molar-refractivity contribution in [1.29, 1.82) is 0 Å². The molecule has 0 unspecified atom stereocenters. The second kappa shape index (κ2) is 7.54. The van der Waals surface area contributed by atoms with Crippen LogP contribution in [0.15, 0.2) is 30.3 Å². The lowest BCUT2D eigenvalue weighted by Crippen LogP contribution is -2.16. The SMILES string of the molecule is CCCCNc1nc(C)cc(C(=O)Nc2cccc(C)c2)n1. The molecule has 0 atom stereocenters. The third kappa shape index (κ3) is 4.55. The molecular formula is C17H22N4O. The number of anilines is 2. The highest BCUT2D eigenvalue weighted by molar-refractivity contribution is 6.03. The predicted octanol–water partition coefficient (Wildman–Crippen LogP) is 3.56. The Balaban J connectivity index is 2.11. The van der Waals surface area contributed by atoms with Gasteiger partial charge in [0.25, 0.3) is 5.91 Å². The van der Waals surface area contributed by atoms with Gasteiger partial charge < -0.3 is 10.6 Å². The molecule has 0 saturated heterocycles. The molecule has 0 aliphatic rings. The van der Waals surface area contributed by atoms with Crippen molar-refractivity contribution >= 4 is 17.5 Å². The molecule has 0 fully saturated rings. The van der Waals surface area contributed by atoms with Crippen molar-refractivity contribution in [2.75, 3.05) is 17.2 Å². The lowest BCUT2D eigenvalue weighted by molar-refractivity contribution is 0.102. The summed E-state index contributed by atoms with van der Waals surface area (Å²) in [5.74, 6) is 0.275. The smallest absolute Gasteiger partial charge is 0.274 e. The molecule has 2 N–H and O–H groups in total. The Morgan fingerprint density at radius 2 is 2.00 bits per heavy atom. The molecule has 1 amide bonds. The Labute approximate surface area is 131 Å². The summed E-state index contributed by atoms with van der Waals surface area (Å²) in [4.78, 5) is 20.9. The number of hydrogen-bond donors (Lipinski definition) is 2. The maximum atomic E-state index is 12.3. The van der Waals surface area contributed by atoms with Gasteiger partial charge in [-0.2, -0.15) is 0 Å². The Kier molecular flexibility index (Phi) is 5.47. The first kappa shape index (κ1) is 15.9. The first-order chi connectivity index (χ1) is 10.6. The second-order valence-electron chi connectivity index (χ2n) is 5.32. The van der Waals surface area contributed by atoms with Crippen molar-refractivity contribution in [3.05, 3.63) is 47.3 Å². The number of nitrogens with one attached hydrogen (secondary N) is 2. The van der Waals surface area contributed by atoms with Crippen LogP contribution in [0, 0.1) is 13.8 Å². The summed E-state index contributed by atoms with van der Waals surface area (Å²) < 4.78 is 0. The topological polar surface area (TPSA) is 66.9 Å². The van der Waals surface area contributed by atoms with Crippen molar-refractivity contribution in [3.8, 4) is 0 Å². The van der Waals surface area contributed by atoms with E-state index in [1.165, 1.54) is 0 Å². The van der Waals surface area contributed by atoms with Crippen LogP contribution in [-0.2, 0) is 0 Å². The average molecular weight is 298 g/mol. The normalized spacial score (nSPS) is 10.3. The van der Waals surface area contributed by atoms with Crippen LogP contribution in [0.5, 0.6) is 0 Å². The van der Waals surface area contributed by atoms with Gasteiger partial charge in [0.2, 0.25) is 5.95 Å². The van der Waals surface area contributed by atoms with Crippen molar-refractivity contribution in [3.63, 3.8) is 0 Å². The molecule has 0 saturated carbocycles. The minimum atomic E-state index is -0.227. The van der Waals surface area contributed by atoms with Crippen LogP contribution in [0.3, 0.4) is 0 Å². The van der Waals surface area contributed by atoms with Crippen molar-refractivity contribution < 1.29 is 4.79 Å². The number of benzene rings is 1. The molecule has 0 bridgehead atoms. The molecule has 0 aliphatic heterocycles. The molecule has 5 nitrogen and oxygen atoms in total. The lowest BCUT2D eigenvalue weighted by Gasteiger charge is -2.09. The van der Waals surface area contributed by atoms with E-state index in [1.54, 1.807) is 6.07 Å². The van der Waals surface area contributed by atoms with E-state index in [0.717, 1.165) is 36.3 Å². The first-order valence-electron chi connectivity index (χ1n) is 7.56. The van der Waals surface area contributed by atoms with Crippen LogP contribution in [-0.4, -0.2) is 22.4 Å². The predicted molar refractivity (Wildman–Crippen MR) is 89.3 cm³/mol. The van der Waals surface area contributed by atoms with E-state index in [0.29, 0.717) is 11.6 Å². The number of amides is 1. The fourth-order valence-electron chi connectivity index (χ4n) is 2.06. The second-order valence-corrected chi connectivity index (χ2v) is 5.32. The fraction of sp³-hybridized carbons (Fsp3) is 0.353. The molecule has 1 heterocycles. The van der Waals surface area contributed by atoms with Gasteiger partial charge in [-0.25, -0.2) is 9.97 Å². The maximum absolute atomic E-state index is 12.3. The summed E-state index contributed by atoms with van der Waals surface area (Å²) in [5, 5.41) is 6.02. The molecule has 5 heteroatoms. The minimum Gasteiger partial charge on any atom is -0.354 e. The Hall–Kier alpha value is -2.43. The monoisotopic (exact) mass is 298 g/mol. The molecule has 116 valence electrons. The van der Waals surface area contributed by atoms with E-state index >= 15 is 0 Å². The standard InChI is InChI=1S/C17H22N4O/c1-4-5-9-18-17-19-13(3)11-15(21-17)16(22)20-14-8-6-7-12(2)10-14/h6-8,10-11H,4-5,9H2,1-3H3,(H,20,22)(H,18,19,21).